The Morgan fingerprint density at radius 1 is 1.19 bits per heavy atom. The standard InChI is InChI=1S/C18H19F3N4O.HI/c19-18(20,21)14-5-7-16(24-11-14)26-9-8-23-17(22)25-15-6-4-12-2-1-3-13(12)10-15;/h4-7,10-11H,1-3,8-9H2,(H3,22,23,25);1H. The first-order valence-electron chi connectivity index (χ1n) is 8.26. The summed E-state index contributed by atoms with van der Waals surface area (Å²) in [5, 5.41) is 3.03. The molecule has 5 nitrogen and oxygen atoms in total. The van der Waals surface area contributed by atoms with Gasteiger partial charge in [0, 0.05) is 18.0 Å². The number of nitrogens with two attached hydrogens (primary N) is 1. The molecule has 146 valence electrons. The molecule has 0 saturated carbocycles. The molecule has 1 aliphatic rings. The van der Waals surface area contributed by atoms with Gasteiger partial charge in [0.15, 0.2) is 5.96 Å². The zero-order valence-electron chi connectivity index (χ0n) is 14.4. The fourth-order valence-corrected chi connectivity index (χ4v) is 2.79. The third-order valence-electron chi connectivity index (χ3n) is 4.06. The highest BCUT2D eigenvalue weighted by Gasteiger charge is 2.30. The maximum Gasteiger partial charge on any atom is 0.417 e. The average Bonchev–Trinajstić information content (AvgIpc) is 3.06. The van der Waals surface area contributed by atoms with Crippen LogP contribution in [0.4, 0.5) is 18.9 Å². The van der Waals surface area contributed by atoms with Crippen LogP contribution in [0.1, 0.15) is 23.1 Å². The number of guanidine groups is 1. The Kier molecular flexibility index (Phi) is 7.28. The van der Waals surface area contributed by atoms with E-state index in [0.29, 0.717) is 0 Å². The van der Waals surface area contributed by atoms with Crippen LogP contribution in [0.15, 0.2) is 41.5 Å². The molecular weight excluding hydrogens is 472 g/mol. The van der Waals surface area contributed by atoms with E-state index in [1.165, 1.54) is 23.6 Å². The van der Waals surface area contributed by atoms with Gasteiger partial charge in [-0.05, 0) is 48.6 Å². The van der Waals surface area contributed by atoms with E-state index in [1.54, 1.807) is 0 Å². The Morgan fingerprint density at radius 3 is 2.67 bits per heavy atom. The Morgan fingerprint density at radius 2 is 1.96 bits per heavy atom. The number of anilines is 1. The Bertz CT molecular complexity index is 794. The SMILES string of the molecule is I.NC(=NCCOc1ccc(C(F)(F)F)cn1)Nc1ccc2c(c1)CCC2. The van der Waals surface area contributed by atoms with Crippen LogP contribution in [0.5, 0.6) is 5.88 Å². The molecule has 1 aliphatic carbocycles. The zero-order chi connectivity index (χ0) is 18.6. The Labute approximate surface area is 172 Å². The fourth-order valence-electron chi connectivity index (χ4n) is 2.79. The molecule has 0 amide bonds. The summed E-state index contributed by atoms with van der Waals surface area (Å²) in [5.74, 6) is 0.366. The van der Waals surface area contributed by atoms with Crippen molar-refractivity contribution in [2.75, 3.05) is 18.5 Å². The van der Waals surface area contributed by atoms with Crippen molar-refractivity contribution in [2.45, 2.75) is 25.4 Å². The maximum atomic E-state index is 12.4. The van der Waals surface area contributed by atoms with Gasteiger partial charge in [-0.15, -0.1) is 24.0 Å². The van der Waals surface area contributed by atoms with E-state index in [1.807, 2.05) is 6.07 Å². The summed E-state index contributed by atoms with van der Waals surface area (Å²) in [6.07, 6.45) is -0.294. The molecule has 27 heavy (non-hydrogen) atoms. The molecule has 0 spiro atoms. The monoisotopic (exact) mass is 492 g/mol. The molecule has 9 heteroatoms. The van der Waals surface area contributed by atoms with Gasteiger partial charge in [-0.3, -0.25) is 0 Å². The molecule has 0 bridgehead atoms. The number of rotatable bonds is 5. The van der Waals surface area contributed by atoms with Crippen molar-refractivity contribution in [2.24, 2.45) is 10.7 Å². The van der Waals surface area contributed by atoms with Crippen molar-refractivity contribution in [1.82, 2.24) is 4.98 Å². The number of fused-ring (bicyclic) bond motifs is 1. The van der Waals surface area contributed by atoms with Crippen LogP contribution in [-0.2, 0) is 19.0 Å². The van der Waals surface area contributed by atoms with E-state index in [2.05, 4.69) is 27.4 Å². The van der Waals surface area contributed by atoms with Gasteiger partial charge in [-0.2, -0.15) is 13.2 Å². The largest absolute Gasteiger partial charge is 0.476 e. The molecule has 0 aliphatic heterocycles. The van der Waals surface area contributed by atoms with Gasteiger partial charge in [0.05, 0.1) is 12.1 Å². The number of hydrogen-bond donors (Lipinski definition) is 2. The lowest BCUT2D eigenvalue weighted by molar-refractivity contribution is -0.137. The van der Waals surface area contributed by atoms with Crippen molar-refractivity contribution in [1.29, 1.82) is 0 Å². The molecule has 0 fully saturated rings. The van der Waals surface area contributed by atoms with Crippen LogP contribution in [0.3, 0.4) is 0 Å². The lowest BCUT2D eigenvalue weighted by Crippen LogP contribution is -2.23. The quantitative estimate of drug-likeness (QED) is 0.287. The number of nitrogens with one attached hydrogen (secondary N) is 1. The Balaban J connectivity index is 0.00000261. The minimum atomic E-state index is -4.41. The molecule has 2 aromatic rings. The van der Waals surface area contributed by atoms with Crippen molar-refractivity contribution in [3.05, 3.63) is 53.2 Å². The van der Waals surface area contributed by atoms with Crippen molar-refractivity contribution >= 4 is 35.6 Å². The van der Waals surface area contributed by atoms with Gasteiger partial charge in [0.25, 0.3) is 0 Å². The molecule has 3 rings (SSSR count). The summed E-state index contributed by atoms with van der Waals surface area (Å²) in [7, 11) is 0. The summed E-state index contributed by atoms with van der Waals surface area (Å²) in [4.78, 5) is 7.76. The molecule has 1 aromatic carbocycles. The van der Waals surface area contributed by atoms with Gasteiger partial charge in [-0.1, -0.05) is 6.07 Å². The van der Waals surface area contributed by atoms with Gasteiger partial charge >= 0.3 is 6.18 Å². The molecule has 1 heterocycles. The highest BCUT2D eigenvalue weighted by atomic mass is 127. The van der Waals surface area contributed by atoms with Crippen molar-refractivity contribution in [3.63, 3.8) is 0 Å². The molecule has 0 saturated heterocycles. The number of benzene rings is 1. The second-order valence-corrected chi connectivity index (χ2v) is 5.96. The van der Waals surface area contributed by atoms with Crippen LogP contribution in [0.25, 0.3) is 0 Å². The van der Waals surface area contributed by atoms with Gasteiger partial charge in [0.1, 0.15) is 6.61 Å². The normalized spacial score (nSPS) is 13.7. The third kappa shape index (κ3) is 5.98. The minimum Gasteiger partial charge on any atom is -0.476 e. The number of aliphatic imine (C=N–C) groups is 1. The lowest BCUT2D eigenvalue weighted by atomic mass is 10.1. The summed E-state index contributed by atoms with van der Waals surface area (Å²) in [6, 6.07) is 8.24. The Hall–Kier alpha value is -2.04. The number of alkyl halides is 3. The third-order valence-corrected chi connectivity index (χ3v) is 4.06. The number of pyridine rings is 1. The second-order valence-electron chi connectivity index (χ2n) is 5.96. The van der Waals surface area contributed by atoms with Gasteiger partial charge < -0.3 is 15.8 Å². The molecular formula is C18H20F3IN4O. The van der Waals surface area contributed by atoms with E-state index in [4.69, 9.17) is 10.5 Å². The number of ether oxygens (including phenoxy) is 1. The summed E-state index contributed by atoms with van der Waals surface area (Å²) < 4.78 is 42.6. The molecule has 0 atom stereocenters. The first-order chi connectivity index (χ1) is 12.4. The molecule has 0 unspecified atom stereocenters. The van der Waals surface area contributed by atoms with E-state index < -0.39 is 11.7 Å². The summed E-state index contributed by atoms with van der Waals surface area (Å²) in [5.41, 5.74) is 8.62. The summed E-state index contributed by atoms with van der Waals surface area (Å²) in [6.45, 7) is 0.414. The second kappa shape index (κ2) is 9.25. The predicted molar refractivity (Wildman–Crippen MR) is 109 cm³/mol. The fraction of sp³-hybridized carbons (Fsp3) is 0.333. The van der Waals surface area contributed by atoms with Gasteiger partial charge in [-0.25, -0.2) is 9.98 Å². The average molecular weight is 492 g/mol. The molecule has 1 aromatic heterocycles. The topological polar surface area (TPSA) is 72.5 Å². The number of nitrogens with zero attached hydrogens (tertiary/aromatic N) is 2. The predicted octanol–water partition coefficient (Wildman–Crippen LogP) is 4.01. The number of aromatic nitrogens is 1. The van der Waals surface area contributed by atoms with Crippen LogP contribution < -0.4 is 15.8 Å². The number of hydrogen-bond acceptors (Lipinski definition) is 3. The van der Waals surface area contributed by atoms with Crippen LogP contribution in [-0.4, -0.2) is 24.1 Å². The van der Waals surface area contributed by atoms with Crippen molar-refractivity contribution in [3.8, 4) is 5.88 Å². The van der Waals surface area contributed by atoms with Crippen molar-refractivity contribution < 1.29 is 17.9 Å². The molecule has 0 radical (unpaired) electrons. The highest BCUT2D eigenvalue weighted by molar-refractivity contribution is 14.0. The minimum absolute atomic E-state index is 0. The van der Waals surface area contributed by atoms with E-state index >= 15 is 0 Å². The molecule has 3 N–H and O–H groups in total. The summed E-state index contributed by atoms with van der Waals surface area (Å²) >= 11 is 0. The van der Waals surface area contributed by atoms with Crippen LogP contribution in [0, 0.1) is 0 Å². The lowest BCUT2D eigenvalue weighted by Gasteiger charge is -2.09. The van der Waals surface area contributed by atoms with Gasteiger partial charge in [0.2, 0.25) is 5.88 Å². The smallest absolute Gasteiger partial charge is 0.417 e. The van der Waals surface area contributed by atoms with Crippen LogP contribution in [0.2, 0.25) is 0 Å². The number of aryl methyl sites for hydroxylation is 2. The van der Waals surface area contributed by atoms with E-state index in [9.17, 15) is 13.2 Å². The number of halogens is 4. The zero-order valence-corrected chi connectivity index (χ0v) is 16.8. The van der Waals surface area contributed by atoms with Crippen LogP contribution >= 0.6 is 24.0 Å². The first-order valence-corrected chi connectivity index (χ1v) is 8.26. The van der Waals surface area contributed by atoms with E-state index in [-0.39, 0.29) is 49.0 Å². The highest BCUT2D eigenvalue weighted by Crippen LogP contribution is 2.29. The van der Waals surface area contributed by atoms with E-state index in [0.717, 1.165) is 30.8 Å². The first kappa shape index (κ1) is 21.3. The maximum absolute atomic E-state index is 12.4.